The number of piperidine rings is 1. The molecule has 0 radical (unpaired) electrons. The molecule has 0 bridgehead atoms. The van der Waals surface area contributed by atoms with Gasteiger partial charge in [0.25, 0.3) is 0 Å². The number of benzene rings is 1. The molecule has 1 aromatic rings. The Labute approximate surface area is 122 Å². The van der Waals surface area contributed by atoms with Crippen LogP contribution >= 0.6 is 11.6 Å². The van der Waals surface area contributed by atoms with E-state index in [1.54, 1.807) is 0 Å². The predicted molar refractivity (Wildman–Crippen MR) is 82.6 cm³/mol. The van der Waals surface area contributed by atoms with Gasteiger partial charge in [0, 0.05) is 24.2 Å². The summed E-state index contributed by atoms with van der Waals surface area (Å²) in [6.45, 7) is 7.86. The van der Waals surface area contributed by atoms with Crippen molar-refractivity contribution in [2.75, 3.05) is 20.1 Å². The highest BCUT2D eigenvalue weighted by Crippen LogP contribution is 2.30. The minimum atomic E-state index is 0.382. The Morgan fingerprint density at radius 1 is 1.37 bits per heavy atom. The van der Waals surface area contributed by atoms with Gasteiger partial charge in [-0.3, -0.25) is 0 Å². The van der Waals surface area contributed by atoms with E-state index in [-0.39, 0.29) is 0 Å². The molecule has 2 rings (SSSR count). The summed E-state index contributed by atoms with van der Waals surface area (Å²) in [5.41, 5.74) is 1.59. The lowest BCUT2D eigenvalue weighted by molar-refractivity contribution is 0.136. The Balaban J connectivity index is 1.94. The molecule has 1 saturated heterocycles. The zero-order chi connectivity index (χ0) is 13.9. The van der Waals surface area contributed by atoms with Gasteiger partial charge in [0.1, 0.15) is 0 Å². The minimum absolute atomic E-state index is 0.382. The van der Waals surface area contributed by atoms with Crippen molar-refractivity contribution in [3.05, 3.63) is 34.9 Å². The van der Waals surface area contributed by atoms with E-state index in [0.29, 0.717) is 11.5 Å². The molecule has 0 saturated carbocycles. The molecule has 0 spiro atoms. The standard InChI is InChI=1S/C16H25ClN2/c1-16(2)9-6-10-18-15(16)12-19(3)11-13-7-4-5-8-14(13)17/h4-5,7-8,15,18H,6,9-12H2,1-3H3. The Morgan fingerprint density at radius 3 is 2.79 bits per heavy atom. The summed E-state index contributed by atoms with van der Waals surface area (Å²) in [5, 5.41) is 4.53. The van der Waals surface area contributed by atoms with Crippen LogP contribution in [0.3, 0.4) is 0 Å². The molecule has 1 aliphatic heterocycles. The molecule has 0 amide bonds. The number of hydrogen-bond acceptors (Lipinski definition) is 2. The van der Waals surface area contributed by atoms with Gasteiger partial charge in [-0.15, -0.1) is 0 Å². The molecule has 0 aliphatic carbocycles. The topological polar surface area (TPSA) is 15.3 Å². The first-order valence-electron chi connectivity index (χ1n) is 7.14. The maximum absolute atomic E-state index is 6.22. The fraction of sp³-hybridized carbons (Fsp3) is 0.625. The van der Waals surface area contributed by atoms with Crippen molar-refractivity contribution in [3.8, 4) is 0 Å². The summed E-state index contributed by atoms with van der Waals surface area (Å²) in [4.78, 5) is 2.37. The van der Waals surface area contributed by atoms with Gasteiger partial charge in [0.15, 0.2) is 0 Å². The van der Waals surface area contributed by atoms with Gasteiger partial charge in [0.05, 0.1) is 0 Å². The van der Waals surface area contributed by atoms with Crippen LogP contribution in [-0.4, -0.2) is 31.1 Å². The van der Waals surface area contributed by atoms with Gasteiger partial charge in [0.2, 0.25) is 0 Å². The highest BCUT2D eigenvalue weighted by molar-refractivity contribution is 6.31. The van der Waals surface area contributed by atoms with Gasteiger partial charge in [-0.1, -0.05) is 43.6 Å². The average molecular weight is 281 g/mol. The largest absolute Gasteiger partial charge is 0.312 e. The van der Waals surface area contributed by atoms with E-state index in [9.17, 15) is 0 Å². The molecule has 1 N–H and O–H groups in total. The third-order valence-electron chi connectivity index (χ3n) is 4.22. The number of nitrogens with one attached hydrogen (secondary N) is 1. The Morgan fingerprint density at radius 2 is 2.11 bits per heavy atom. The van der Waals surface area contributed by atoms with Crippen LogP contribution in [0.25, 0.3) is 0 Å². The SMILES string of the molecule is CN(Cc1ccccc1Cl)CC1NCCCC1(C)C. The summed E-state index contributed by atoms with van der Waals surface area (Å²) < 4.78 is 0. The number of halogens is 1. The lowest BCUT2D eigenvalue weighted by Gasteiger charge is -2.41. The van der Waals surface area contributed by atoms with Crippen LogP contribution in [-0.2, 0) is 6.54 Å². The molecule has 0 aromatic heterocycles. The summed E-state index contributed by atoms with van der Waals surface area (Å²) in [6.07, 6.45) is 2.60. The van der Waals surface area contributed by atoms with Crippen molar-refractivity contribution >= 4 is 11.6 Å². The van der Waals surface area contributed by atoms with Crippen LogP contribution in [0.5, 0.6) is 0 Å². The van der Waals surface area contributed by atoms with E-state index in [1.807, 2.05) is 12.1 Å². The van der Waals surface area contributed by atoms with E-state index < -0.39 is 0 Å². The Kier molecular flexibility index (Phi) is 4.88. The lowest BCUT2D eigenvalue weighted by atomic mass is 9.77. The van der Waals surface area contributed by atoms with E-state index in [2.05, 4.69) is 43.2 Å². The maximum Gasteiger partial charge on any atom is 0.0451 e. The van der Waals surface area contributed by atoms with E-state index >= 15 is 0 Å². The fourth-order valence-corrected chi connectivity index (χ4v) is 3.07. The molecular weight excluding hydrogens is 256 g/mol. The van der Waals surface area contributed by atoms with Crippen molar-refractivity contribution in [2.24, 2.45) is 5.41 Å². The van der Waals surface area contributed by atoms with Gasteiger partial charge in [-0.25, -0.2) is 0 Å². The van der Waals surface area contributed by atoms with Gasteiger partial charge >= 0.3 is 0 Å². The highest BCUT2D eigenvalue weighted by Gasteiger charge is 2.32. The zero-order valence-electron chi connectivity index (χ0n) is 12.2. The van der Waals surface area contributed by atoms with Crippen LogP contribution in [0.1, 0.15) is 32.3 Å². The minimum Gasteiger partial charge on any atom is -0.312 e. The average Bonchev–Trinajstić information content (AvgIpc) is 2.35. The number of hydrogen-bond donors (Lipinski definition) is 1. The predicted octanol–water partition coefficient (Wildman–Crippen LogP) is 3.55. The van der Waals surface area contributed by atoms with Crippen molar-refractivity contribution in [1.29, 1.82) is 0 Å². The molecule has 1 fully saturated rings. The fourth-order valence-electron chi connectivity index (χ4n) is 2.88. The quantitative estimate of drug-likeness (QED) is 0.907. The summed E-state index contributed by atoms with van der Waals surface area (Å²) >= 11 is 6.22. The summed E-state index contributed by atoms with van der Waals surface area (Å²) in [5.74, 6) is 0. The third kappa shape index (κ3) is 3.95. The van der Waals surface area contributed by atoms with Gasteiger partial charge in [-0.05, 0) is 43.5 Å². The third-order valence-corrected chi connectivity index (χ3v) is 4.59. The number of nitrogens with zero attached hydrogens (tertiary/aromatic N) is 1. The normalized spacial score (nSPS) is 22.7. The first-order chi connectivity index (χ1) is 8.99. The highest BCUT2D eigenvalue weighted by atomic mass is 35.5. The molecule has 1 unspecified atom stereocenters. The molecule has 106 valence electrons. The second-order valence-electron chi connectivity index (χ2n) is 6.39. The van der Waals surface area contributed by atoms with Crippen molar-refractivity contribution in [2.45, 2.75) is 39.3 Å². The van der Waals surface area contributed by atoms with Gasteiger partial charge in [-0.2, -0.15) is 0 Å². The number of likely N-dealkylation sites (N-methyl/N-ethyl adjacent to an activating group) is 1. The van der Waals surface area contributed by atoms with Gasteiger partial charge < -0.3 is 10.2 Å². The molecule has 2 nitrogen and oxygen atoms in total. The van der Waals surface area contributed by atoms with E-state index in [1.165, 1.54) is 18.4 Å². The Bertz CT molecular complexity index is 417. The lowest BCUT2D eigenvalue weighted by Crippen LogP contribution is -2.52. The van der Waals surface area contributed by atoms with Crippen LogP contribution < -0.4 is 5.32 Å². The summed E-state index contributed by atoms with van der Waals surface area (Å²) in [6, 6.07) is 8.68. The van der Waals surface area contributed by atoms with Crippen LogP contribution in [0.2, 0.25) is 5.02 Å². The second kappa shape index (κ2) is 6.25. The molecule has 1 heterocycles. The zero-order valence-corrected chi connectivity index (χ0v) is 13.0. The monoisotopic (exact) mass is 280 g/mol. The molecule has 1 aromatic carbocycles. The van der Waals surface area contributed by atoms with Crippen LogP contribution in [0.15, 0.2) is 24.3 Å². The summed E-state index contributed by atoms with van der Waals surface area (Å²) in [7, 11) is 2.18. The van der Waals surface area contributed by atoms with Crippen molar-refractivity contribution in [1.82, 2.24) is 10.2 Å². The van der Waals surface area contributed by atoms with Crippen LogP contribution in [0.4, 0.5) is 0 Å². The first-order valence-corrected chi connectivity index (χ1v) is 7.52. The van der Waals surface area contributed by atoms with Crippen LogP contribution in [0, 0.1) is 5.41 Å². The maximum atomic E-state index is 6.22. The smallest absolute Gasteiger partial charge is 0.0451 e. The first kappa shape index (κ1) is 14.8. The second-order valence-corrected chi connectivity index (χ2v) is 6.79. The molecule has 3 heteroatoms. The molecule has 1 aliphatic rings. The molecule has 1 atom stereocenters. The van der Waals surface area contributed by atoms with Crippen molar-refractivity contribution in [3.63, 3.8) is 0 Å². The molecular formula is C16H25ClN2. The molecule has 19 heavy (non-hydrogen) atoms. The number of rotatable bonds is 4. The Hall–Kier alpha value is -0.570. The van der Waals surface area contributed by atoms with E-state index in [4.69, 9.17) is 11.6 Å². The van der Waals surface area contributed by atoms with Crippen molar-refractivity contribution < 1.29 is 0 Å². The van der Waals surface area contributed by atoms with E-state index in [0.717, 1.165) is 24.7 Å².